The fourth-order valence-electron chi connectivity index (χ4n) is 4.28. The Hall–Kier alpha value is -3.38. The zero-order valence-electron chi connectivity index (χ0n) is 16.8. The van der Waals surface area contributed by atoms with Crippen LogP contribution in [0.2, 0.25) is 5.02 Å². The third-order valence-corrected chi connectivity index (χ3v) is 6.14. The molecule has 4 atom stereocenters. The number of fused-ring (bicyclic) bond motifs is 1. The Morgan fingerprint density at radius 3 is 2.94 bits per heavy atom. The molecule has 2 amide bonds. The predicted molar refractivity (Wildman–Crippen MR) is 109 cm³/mol. The monoisotopic (exact) mass is 457 g/mol. The van der Waals surface area contributed by atoms with E-state index in [1.807, 2.05) is 0 Å². The first-order chi connectivity index (χ1) is 15.5. The topological polar surface area (TPSA) is 144 Å². The molecular formula is C19H20ClN9O3. The molecule has 2 N–H and O–H groups in total. The SMILES string of the molecule is O=C(NCc1cc(Cl)ccc1-n1cnnn1)[C@@H]1[C@H]2C[C@H]2CN1C(=O)C(O)Cn1cncn1. The first kappa shape index (κ1) is 20.5. The lowest BCUT2D eigenvalue weighted by atomic mass is 10.1. The summed E-state index contributed by atoms with van der Waals surface area (Å²) in [6.45, 7) is 0.631. The summed E-state index contributed by atoms with van der Waals surface area (Å²) in [6.07, 6.45) is 3.81. The number of aliphatic hydroxyl groups is 1. The average Bonchev–Trinajstić information content (AvgIpc) is 3.22. The van der Waals surface area contributed by atoms with E-state index >= 15 is 0 Å². The number of nitrogens with zero attached hydrogens (tertiary/aromatic N) is 8. The molecule has 0 spiro atoms. The molecule has 3 heterocycles. The van der Waals surface area contributed by atoms with E-state index in [2.05, 4.69) is 30.9 Å². The molecule has 1 saturated heterocycles. The van der Waals surface area contributed by atoms with E-state index in [9.17, 15) is 14.7 Å². The molecule has 1 aromatic carbocycles. The standard InChI is InChI=1S/C19H20ClN9O3/c20-13-1-2-15(29-10-23-25-26-29)11(3-13)5-22-18(31)17-14-4-12(14)6-28(17)19(32)16(30)7-27-9-21-8-24-27/h1-3,8-10,12,14,16-17,30H,4-7H2,(H,22,31)/t12-,14-,16?,17-/m0/s1. The molecule has 2 aliphatic rings. The number of carbonyl (C=O) groups excluding carboxylic acids is 2. The Kier molecular flexibility index (Phi) is 5.31. The van der Waals surface area contributed by atoms with Crippen molar-refractivity contribution in [2.24, 2.45) is 11.8 Å². The molecule has 2 aromatic heterocycles. The van der Waals surface area contributed by atoms with Crippen LogP contribution in [-0.2, 0) is 22.7 Å². The Bertz CT molecular complexity index is 1120. The largest absolute Gasteiger partial charge is 0.381 e. The molecule has 166 valence electrons. The smallest absolute Gasteiger partial charge is 0.254 e. The minimum Gasteiger partial charge on any atom is -0.381 e. The van der Waals surface area contributed by atoms with Crippen molar-refractivity contribution in [3.8, 4) is 5.69 Å². The number of halogens is 1. The first-order valence-corrected chi connectivity index (χ1v) is 10.5. The van der Waals surface area contributed by atoms with Gasteiger partial charge in [0.15, 0.2) is 6.10 Å². The van der Waals surface area contributed by atoms with Gasteiger partial charge in [-0.2, -0.15) is 5.10 Å². The normalized spacial score (nSPS) is 22.4. The van der Waals surface area contributed by atoms with Gasteiger partial charge in [-0.15, -0.1) is 5.10 Å². The van der Waals surface area contributed by atoms with Gasteiger partial charge in [0, 0.05) is 18.1 Å². The lowest BCUT2D eigenvalue weighted by Gasteiger charge is -2.28. The number of hydrogen-bond acceptors (Lipinski definition) is 8. The zero-order chi connectivity index (χ0) is 22.2. The maximum atomic E-state index is 13.1. The van der Waals surface area contributed by atoms with Crippen molar-refractivity contribution >= 4 is 23.4 Å². The second kappa shape index (κ2) is 8.28. The van der Waals surface area contributed by atoms with Gasteiger partial charge in [-0.05, 0) is 52.4 Å². The van der Waals surface area contributed by atoms with Gasteiger partial charge in [0.05, 0.1) is 12.2 Å². The molecular weight excluding hydrogens is 438 g/mol. The number of piperidine rings is 1. The van der Waals surface area contributed by atoms with Crippen LogP contribution in [0.1, 0.15) is 12.0 Å². The van der Waals surface area contributed by atoms with E-state index < -0.39 is 18.1 Å². The molecule has 13 heteroatoms. The molecule has 2 fully saturated rings. The second-order valence-corrected chi connectivity index (χ2v) is 8.41. The zero-order valence-corrected chi connectivity index (χ0v) is 17.6. The van der Waals surface area contributed by atoms with Crippen molar-refractivity contribution in [1.29, 1.82) is 0 Å². The van der Waals surface area contributed by atoms with Crippen molar-refractivity contribution in [3.05, 3.63) is 47.8 Å². The Morgan fingerprint density at radius 1 is 1.31 bits per heavy atom. The van der Waals surface area contributed by atoms with Crippen LogP contribution in [0.4, 0.5) is 0 Å². The van der Waals surface area contributed by atoms with Crippen LogP contribution < -0.4 is 5.32 Å². The van der Waals surface area contributed by atoms with E-state index in [-0.39, 0.29) is 30.8 Å². The van der Waals surface area contributed by atoms with Crippen molar-refractivity contribution in [3.63, 3.8) is 0 Å². The lowest BCUT2D eigenvalue weighted by Crippen LogP contribution is -2.51. The summed E-state index contributed by atoms with van der Waals surface area (Å²) in [4.78, 5) is 31.3. The van der Waals surface area contributed by atoms with Crippen LogP contribution in [0.15, 0.2) is 37.2 Å². The highest BCUT2D eigenvalue weighted by molar-refractivity contribution is 6.30. The van der Waals surface area contributed by atoms with Crippen molar-refractivity contribution in [1.82, 2.24) is 45.2 Å². The summed E-state index contributed by atoms with van der Waals surface area (Å²) in [6, 6.07) is 4.60. The number of hydrogen-bond donors (Lipinski definition) is 2. The number of benzene rings is 1. The molecule has 12 nitrogen and oxygen atoms in total. The van der Waals surface area contributed by atoms with Gasteiger partial charge in [-0.25, -0.2) is 14.3 Å². The number of amides is 2. The highest BCUT2D eigenvalue weighted by atomic mass is 35.5. The lowest BCUT2D eigenvalue weighted by molar-refractivity contribution is -0.147. The highest BCUT2D eigenvalue weighted by Gasteiger charge is 2.57. The van der Waals surface area contributed by atoms with E-state index in [4.69, 9.17) is 11.6 Å². The number of carbonyl (C=O) groups is 2. The van der Waals surface area contributed by atoms with Crippen LogP contribution in [0, 0.1) is 11.8 Å². The maximum absolute atomic E-state index is 13.1. The number of aromatic nitrogens is 7. The fourth-order valence-corrected chi connectivity index (χ4v) is 4.47. The molecule has 1 aliphatic carbocycles. The van der Waals surface area contributed by atoms with Gasteiger partial charge in [-0.1, -0.05) is 11.6 Å². The van der Waals surface area contributed by atoms with Gasteiger partial charge < -0.3 is 15.3 Å². The highest BCUT2D eigenvalue weighted by Crippen LogP contribution is 2.49. The summed E-state index contributed by atoms with van der Waals surface area (Å²) in [5.41, 5.74) is 1.42. The van der Waals surface area contributed by atoms with Crippen molar-refractivity contribution in [2.75, 3.05) is 6.54 Å². The predicted octanol–water partition coefficient (Wildman–Crippen LogP) is -0.569. The Labute approximate surface area is 187 Å². The maximum Gasteiger partial charge on any atom is 0.254 e. The quantitative estimate of drug-likeness (QED) is 0.480. The number of aliphatic hydroxyl groups excluding tert-OH is 1. The van der Waals surface area contributed by atoms with Crippen LogP contribution in [-0.4, -0.2) is 75.5 Å². The average molecular weight is 458 g/mol. The number of tetrazole rings is 1. The third-order valence-electron chi connectivity index (χ3n) is 5.90. The fraction of sp³-hybridized carbons (Fsp3) is 0.421. The number of rotatable bonds is 7. The van der Waals surface area contributed by atoms with E-state index in [1.165, 1.54) is 33.2 Å². The first-order valence-electron chi connectivity index (χ1n) is 10.1. The molecule has 1 saturated carbocycles. The number of likely N-dealkylation sites (tertiary alicyclic amines) is 1. The molecule has 1 aliphatic heterocycles. The van der Waals surface area contributed by atoms with Gasteiger partial charge in [0.1, 0.15) is 25.0 Å². The third kappa shape index (κ3) is 3.94. The van der Waals surface area contributed by atoms with Crippen LogP contribution in [0.5, 0.6) is 0 Å². The number of nitrogens with one attached hydrogen (secondary N) is 1. The molecule has 3 aromatic rings. The van der Waals surface area contributed by atoms with Crippen LogP contribution in [0.25, 0.3) is 5.69 Å². The van der Waals surface area contributed by atoms with E-state index in [0.29, 0.717) is 17.3 Å². The van der Waals surface area contributed by atoms with E-state index in [1.54, 1.807) is 18.2 Å². The molecule has 0 bridgehead atoms. The Balaban J connectivity index is 1.28. The molecule has 0 radical (unpaired) electrons. The minimum absolute atomic E-state index is 0.0170. The van der Waals surface area contributed by atoms with Crippen LogP contribution in [0.3, 0.4) is 0 Å². The van der Waals surface area contributed by atoms with Gasteiger partial charge in [-0.3, -0.25) is 9.59 Å². The van der Waals surface area contributed by atoms with Gasteiger partial charge in [0.25, 0.3) is 5.91 Å². The van der Waals surface area contributed by atoms with Crippen molar-refractivity contribution in [2.45, 2.75) is 31.7 Å². The summed E-state index contributed by atoms with van der Waals surface area (Å²) in [5, 5.41) is 28.9. The Morgan fingerprint density at radius 2 is 2.19 bits per heavy atom. The summed E-state index contributed by atoms with van der Waals surface area (Å²) < 4.78 is 2.87. The summed E-state index contributed by atoms with van der Waals surface area (Å²) in [5.74, 6) is -0.351. The molecule has 32 heavy (non-hydrogen) atoms. The second-order valence-electron chi connectivity index (χ2n) is 7.97. The minimum atomic E-state index is -1.30. The van der Waals surface area contributed by atoms with Gasteiger partial charge in [0.2, 0.25) is 5.91 Å². The summed E-state index contributed by atoms with van der Waals surface area (Å²) >= 11 is 6.14. The van der Waals surface area contributed by atoms with Gasteiger partial charge >= 0.3 is 0 Å². The summed E-state index contributed by atoms with van der Waals surface area (Å²) in [7, 11) is 0. The van der Waals surface area contributed by atoms with E-state index in [0.717, 1.165) is 12.0 Å². The van der Waals surface area contributed by atoms with Crippen molar-refractivity contribution < 1.29 is 14.7 Å². The van der Waals surface area contributed by atoms with Crippen LogP contribution >= 0.6 is 11.6 Å². The molecule has 1 unspecified atom stereocenters. The molecule has 5 rings (SSSR count).